The average Bonchev–Trinajstić information content (AvgIpc) is 2.94. The molecule has 0 atom stereocenters. The van der Waals surface area contributed by atoms with Gasteiger partial charge in [0, 0.05) is 35.4 Å². The molecule has 0 fully saturated rings. The van der Waals surface area contributed by atoms with Crippen LogP contribution in [-0.4, -0.2) is 32.1 Å². The van der Waals surface area contributed by atoms with Crippen LogP contribution in [0.3, 0.4) is 0 Å². The lowest BCUT2D eigenvalue weighted by atomic mass is 9.90. The van der Waals surface area contributed by atoms with Crippen molar-refractivity contribution >= 4 is 39.9 Å². The smallest absolute Gasteiger partial charge is 0.337 e. The number of halogens is 1. The molecule has 4 aromatic rings. The van der Waals surface area contributed by atoms with Crippen molar-refractivity contribution in [2.75, 3.05) is 30.4 Å². The van der Waals surface area contributed by atoms with Gasteiger partial charge in [-0.3, -0.25) is 4.79 Å². The number of nitrogens with one attached hydrogen (secondary N) is 1. The molecule has 2 aliphatic heterocycles. The van der Waals surface area contributed by atoms with Gasteiger partial charge in [0.05, 0.1) is 18.4 Å². The number of hydrogen-bond donors (Lipinski definition) is 1. The Bertz CT molecular complexity index is 1620. The Morgan fingerprint density at radius 1 is 1.00 bits per heavy atom. The molecule has 38 heavy (non-hydrogen) atoms. The number of anilines is 2. The topological polar surface area (TPSA) is 84.1 Å². The van der Waals surface area contributed by atoms with Crippen LogP contribution in [0.4, 0.5) is 21.5 Å². The Morgan fingerprint density at radius 3 is 2.47 bits per heavy atom. The van der Waals surface area contributed by atoms with E-state index in [1.807, 2.05) is 6.07 Å². The van der Waals surface area contributed by atoms with Crippen LogP contribution < -0.4 is 15.8 Å². The SMILES string of the molecule is COC(=O)c1ccc(N=c2oc3c4c5c(cc3cc2C(=O)Nc2ccc(F)cc2)CCCN5CCC4)cc1. The van der Waals surface area contributed by atoms with E-state index in [-0.39, 0.29) is 16.9 Å². The Balaban J connectivity index is 1.51. The fraction of sp³-hybridized carbons (Fsp3) is 0.233. The number of aryl methyl sites for hydroxylation is 2. The summed E-state index contributed by atoms with van der Waals surface area (Å²) in [6.45, 7) is 2.07. The zero-order valence-electron chi connectivity index (χ0n) is 20.9. The molecule has 0 unspecified atom stereocenters. The number of hydrogen-bond acceptors (Lipinski definition) is 6. The quantitative estimate of drug-likeness (QED) is 0.364. The number of rotatable bonds is 4. The van der Waals surface area contributed by atoms with E-state index in [9.17, 15) is 14.0 Å². The Kier molecular flexibility index (Phi) is 6.15. The maximum atomic E-state index is 13.4. The summed E-state index contributed by atoms with van der Waals surface area (Å²) in [5.74, 6) is -1.25. The zero-order chi connectivity index (χ0) is 26.2. The highest BCUT2D eigenvalue weighted by Crippen LogP contribution is 2.39. The average molecular weight is 512 g/mol. The Labute approximate surface area is 218 Å². The van der Waals surface area contributed by atoms with Crippen molar-refractivity contribution in [2.45, 2.75) is 25.7 Å². The van der Waals surface area contributed by atoms with Gasteiger partial charge in [-0.15, -0.1) is 0 Å². The van der Waals surface area contributed by atoms with Gasteiger partial charge in [0.1, 0.15) is 17.0 Å². The van der Waals surface area contributed by atoms with Crippen LogP contribution >= 0.6 is 0 Å². The van der Waals surface area contributed by atoms with Crippen LogP contribution in [0, 0.1) is 5.82 Å². The van der Waals surface area contributed by atoms with Gasteiger partial charge in [-0.2, -0.15) is 0 Å². The van der Waals surface area contributed by atoms with Gasteiger partial charge in [-0.25, -0.2) is 14.2 Å². The predicted octanol–water partition coefficient (Wildman–Crippen LogP) is 5.54. The van der Waals surface area contributed by atoms with Gasteiger partial charge in [0.15, 0.2) is 0 Å². The molecule has 0 bridgehead atoms. The van der Waals surface area contributed by atoms with Gasteiger partial charge in [0.2, 0.25) is 5.55 Å². The largest absolute Gasteiger partial charge is 0.465 e. The van der Waals surface area contributed by atoms with Crippen LogP contribution in [0.25, 0.3) is 11.0 Å². The van der Waals surface area contributed by atoms with Crippen LogP contribution in [0.2, 0.25) is 0 Å². The van der Waals surface area contributed by atoms with Crippen LogP contribution in [0.1, 0.15) is 44.7 Å². The molecule has 0 saturated heterocycles. The van der Waals surface area contributed by atoms with E-state index >= 15 is 0 Å². The van der Waals surface area contributed by atoms with Crippen LogP contribution in [-0.2, 0) is 17.6 Å². The molecule has 0 spiro atoms. The lowest BCUT2D eigenvalue weighted by Crippen LogP contribution is -2.34. The van der Waals surface area contributed by atoms with Crippen molar-refractivity contribution in [1.29, 1.82) is 0 Å². The summed E-state index contributed by atoms with van der Waals surface area (Å²) in [7, 11) is 1.33. The summed E-state index contributed by atoms with van der Waals surface area (Å²) in [6.07, 6.45) is 4.02. The van der Waals surface area contributed by atoms with Crippen LogP contribution in [0.15, 0.2) is 70.1 Å². The summed E-state index contributed by atoms with van der Waals surface area (Å²) in [6, 6.07) is 16.1. The molecule has 1 amide bonds. The van der Waals surface area contributed by atoms with E-state index in [0.29, 0.717) is 16.9 Å². The number of nitrogens with zero attached hydrogens (tertiary/aromatic N) is 2. The van der Waals surface area contributed by atoms with Crippen molar-refractivity contribution in [3.63, 3.8) is 0 Å². The molecule has 6 rings (SSSR count). The second-order valence-electron chi connectivity index (χ2n) is 9.55. The van der Waals surface area contributed by atoms with Gasteiger partial charge < -0.3 is 19.4 Å². The number of esters is 1. The summed E-state index contributed by atoms with van der Waals surface area (Å²) >= 11 is 0. The molecule has 2 aliphatic rings. The van der Waals surface area contributed by atoms with Gasteiger partial charge >= 0.3 is 5.97 Å². The molecule has 0 radical (unpaired) electrons. The number of carbonyl (C=O) groups is 2. The number of carbonyl (C=O) groups excluding carboxylic acids is 2. The molecule has 7 nitrogen and oxygen atoms in total. The second kappa shape index (κ2) is 9.78. The standard InChI is InChI=1S/C30H26FN3O4/c1-37-30(36)18-6-10-23(11-7-18)33-29-25(28(35)32-22-12-8-21(31)9-13-22)17-20-16-19-4-2-14-34-15-3-5-24(26(19)34)27(20)38-29/h6-13,16-17H,2-5,14-15H2,1H3,(H,32,35). The number of ether oxygens (including phenoxy) is 1. The lowest BCUT2D eigenvalue weighted by Gasteiger charge is -2.37. The maximum Gasteiger partial charge on any atom is 0.337 e. The number of fused-ring (bicyclic) bond motifs is 2. The summed E-state index contributed by atoms with van der Waals surface area (Å²) in [5.41, 5.74) is 6.22. The first kappa shape index (κ1) is 23.9. The van der Waals surface area contributed by atoms with Crippen LogP contribution in [0.5, 0.6) is 0 Å². The van der Waals surface area contributed by atoms with E-state index in [4.69, 9.17) is 9.15 Å². The summed E-state index contributed by atoms with van der Waals surface area (Å²) < 4.78 is 24.6. The zero-order valence-corrected chi connectivity index (χ0v) is 20.9. The normalized spacial score (nSPS) is 14.8. The van der Waals surface area contributed by atoms with E-state index < -0.39 is 11.9 Å². The third kappa shape index (κ3) is 4.42. The number of amides is 1. The molecular weight excluding hydrogens is 485 g/mol. The fourth-order valence-electron chi connectivity index (χ4n) is 5.34. The highest BCUT2D eigenvalue weighted by Gasteiger charge is 2.27. The molecule has 3 aromatic carbocycles. The van der Waals surface area contributed by atoms with Crippen molar-refractivity contribution in [3.05, 3.63) is 94.3 Å². The van der Waals surface area contributed by atoms with E-state index in [1.54, 1.807) is 24.3 Å². The molecule has 192 valence electrons. The monoisotopic (exact) mass is 511 g/mol. The Hall–Kier alpha value is -4.46. The minimum atomic E-state index is -0.445. The van der Waals surface area contributed by atoms with E-state index in [0.717, 1.165) is 55.3 Å². The van der Waals surface area contributed by atoms with Gasteiger partial charge in [-0.1, -0.05) is 0 Å². The first-order valence-electron chi connectivity index (χ1n) is 12.7. The third-order valence-electron chi connectivity index (χ3n) is 7.10. The molecule has 8 heteroatoms. The number of benzene rings is 3. The highest BCUT2D eigenvalue weighted by atomic mass is 19.1. The van der Waals surface area contributed by atoms with Crippen molar-refractivity contribution in [1.82, 2.24) is 0 Å². The minimum Gasteiger partial charge on any atom is -0.465 e. The third-order valence-corrected chi connectivity index (χ3v) is 7.10. The molecule has 1 N–H and O–H groups in total. The second-order valence-corrected chi connectivity index (χ2v) is 9.55. The van der Waals surface area contributed by atoms with Crippen molar-refractivity contribution in [2.24, 2.45) is 4.99 Å². The van der Waals surface area contributed by atoms with Crippen molar-refractivity contribution < 1.29 is 23.1 Å². The first-order chi connectivity index (χ1) is 18.5. The highest BCUT2D eigenvalue weighted by molar-refractivity contribution is 6.06. The molecule has 0 saturated carbocycles. The molecule has 0 aliphatic carbocycles. The van der Waals surface area contributed by atoms with E-state index in [1.165, 1.54) is 42.6 Å². The van der Waals surface area contributed by atoms with E-state index in [2.05, 4.69) is 21.3 Å². The Morgan fingerprint density at radius 2 is 1.74 bits per heavy atom. The molecule has 1 aromatic heterocycles. The minimum absolute atomic E-state index is 0.159. The first-order valence-corrected chi connectivity index (χ1v) is 12.7. The fourth-order valence-corrected chi connectivity index (χ4v) is 5.34. The molecule has 3 heterocycles. The predicted molar refractivity (Wildman–Crippen MR) is 142 cm³/mol. The summed E-state index contributed by atoms with van der Waals surface area (Å²) in [4.78, 5) is 32.4. The number of methoxy groups -OCH3 is 1. The van der Waals surface area contributed by atoms with Gasteiger partial charge in [0.25, 0.3) is 5.91 Å². The lowest BCUT2D eigenvalue weighted by molar-refractivity contribution is 0.0600. The maximum absolute atomic E-state index is 13.4. The summed E-state index contributed by atoms with van der Waals surface area (Å²) in [5, 5.41) is 3.68. The molecular formula is C30H26FN3O4. The van der Waals surface area contributed by atoms with Gasteiger partial charge in [-0.05, 0) is 91.9 Å². The van der Waals surface area contributed by atoms with Crippen molar-refractivity contribution in [3.8, 4) is 0 Å².